The fourth-order valence-electron chi connectivity index (χ4n) is 2.55. The van der Waals surface area contributed by atoms with Crippen LogP contribution in [0.15, 0.2) is 84.0 Å². The van der Waals surface area contributed by atoms with E-state index < -0.39 is 0 Å². The maximum Gasteiger partial charge on any atom is 0.337 e. The molecule has 3 aromatic carbocycles. The lowest BCUT2D eigenvalue weighted by atomic mass is 10.1. The summed E-state index contributed by atoms with van der Waals surface area (Å²) in [5.41, 5.74) is 5.15. The number of amides is 1. The van der Waals surface area contributed by atoms with Crippen LogP contribution in [0.5, 0.6) is 5.75 Å². The first kappa shape index (κ1) is 19.8. The molecule has 0 heterocycles. The van der Waals surface area contributed by atoms with Crippen LogP contribution in [-0.2, 0) is 11.3 Å². The smallest absolute Gasteiger partial charge is 0.337 e. The van der Waals surface area contributed by atoms with Gasteiger partial charge in [0.15, 0.2) is 0 Å². The van der Waals surface area contributed by atoms with Crippen LogP contribution in [0.2, 0.25) is 0 Å². The van der Waals surface area contributed by atoms with Gasteiger partial charge in [-0.3, -0.25) is 4.79 Å². The van der Waals surface area contributed by atoms with E-state index in [-0.39, 0.29) is 11.9 Å². The molecule has 0 spiro atoms. The molecule has 0 saturated heterocycles. The van der Waals surface area contributed by atoms with E-state index in [1.807, 2.05) is 42.5 Å². The molecule has 6 nitrogen and oxygen atoms in total. The average molecular weight is 388 g/mol. The van der Waals surface area contributed by atoms with Gasteiger partial charge in [-0.1, -0.05) is 42.5 Å². The molecule has 0 aliphatic rings. The van der Waals surface area contributed by atoms with Crippen molar-refractivity contribution in [1.82, 2.24) is 5.43 Å². The van der Waals surface area contributed by atoms with Gasteiger partial charge in [0.05, 0.1) is 18.9 Å². The standard InChI is InChI=1S/C23H20N2O4/c1-28-23(27)19-13-11-17(12-14-19)16-29-21-10-6-5-9-20(21)15-24-25-22(26)18-7-3-2-4-8-18/h2-15H,16H2,1H3,(H,25,26)/b24-15+. The van der Waals surface area contributed by atoms with E-state index in [1.165, 1.54) is 13.3 Å². The van der Waals surface area contributed by atoms with Gasteiger partial charge < -0.3 is 9.47 Å². The van der Waals surface area contributed by atoms with Crippen LogP contribution in [-0.4, -0.2) is 25.2 Å². The summed E-state index contributed by atoms with van der Waals surface area (Å²) in [6.45, 7) is 0.322. The quantitative estimate of drug-likeness (QED) is 0.379. The predicted molar refractivity (Wildman–Crippen MR) is 110 cm³/mol. The molecular weight excluding hydrogens is 368 g/mol. The summed E-state index contributed by atoms with van der Waals surface area (Å²) in [5.74, 6) is -0.0372. The summed E-state index contributed by atoms with van der Waals surface area (Å²) in [5, 5.41) is 4.02. The molecule has 1 N–H and O–H groups in total. The van der Waals surface area contributed by atoms with Gasteiger partial charge in [0.2, 0.25) is 0 Å². The lowest BCUT2D eigenvalue weighted by Gasteiger charge is -2.09. The van der Waals surface area contributed by atoms with Crippen LogP contribution in [0.4, 0.5) is 0 Å². The fourth-order valence-corrected chi connectivity index (χ4v) is 2.55. The molecule has 0 aliphatic carbocycles. The average Bonchev–Trinajstić information content (AvgIpc) is 2.78. The predicted octanol–water partition coefficient (Wildman–Crippen LogP) is 3.82. The minimum atomic E-state index is -0.378. The van der Waals surface area contributed by atoms with Gasteiger partial charge in [-0.25, -0.2) is 10.2 Å². The second-order valence-electron chi connectivity index (χ2n) is 6.08. The Morgan fingerprint density at radius 1 is 0.897 bits per heavy atom. The third-order valence-electron chi connectivity index (χ3n) is 4.09. The topological polar surface area (TPSA) is 77.0 Å². The Kier molecular flexibility index (Phi) is 6.73. The molecular formula is C23H20N2O4. The number of ether oxygens (including phenoxy) is 2. The number of esters is 1. The normalized spacial score (nSPS) is 10.5. The summed E-state index contributed by atoms with van der Waals surface area (Å²) in [6, 6.07) is 23.2. The number of nitrogens with zero attached hydrogens (tertiary/aromatic N) is 1. The number of hydrogen-bond donors (Lipinski definition) is 1. The number of hydrogen-bond acceptors (Lipinski definition) is 5. The molecule has 0 bridgehead atoms. The molecule has 3 aromatic rings. The number of carbonyl (C=O) groups excluding carboxylic acids is 2. The number of para-hydroxylation sites is 1. The maximum atomic E-state index is 12.0. The molecule has 0 unspecified atom stereocenters. The summed E-state index contributed by atoms with van der Waals surface area (Å²) >= 11 is 0. The van der Waals surface area contributed by atoms with Crippen LogP contribution < -0.4 is 10.2 Å². The molecule has 3 rings (SSSR count). The van der Waals surface area contributed by atoms with E-state index in [0.717, 1.165) is 11.1 Å². The van der Waals surface area contributed by atoms with Crippen LogP contribution in [0, 0.1) is 0 Å². The van der Waals surface area contributed by atoms with Crippen molar-refractivity contribution in [2.75, 3.05) is 7.11 Å². The summed E-state index contributed by atoms with van der Waals surface area (Å²) < 4.78 is 10.6. The second kappa shape index (κ2) is 9.85. The zero-order valence-electron chi connectivity index (χ0n) is 15.9. The van der Waals surface area contributed by atoms with Crippen molar-refractivity contribution in [2.45, 2.75) is 6.61 Å². The van der Waals surface area contributed by atoms with Crippen LogP contribution >= 0.6 is 0 Å². The minimum absolute atomic E-state index is 0.286. The van der Waals surface area contributed by atoms with E-state index in [9.17, 15) is 9.59 Å². The van der Waals surface area contributed by atoms with Gasteiger partial charge in [-0.2, -0.15) is 5.10 Å². The zero-order valence-corrected chi connectivity index (χ0v) is 15.9. The van der Waals surface area contributed by atoms with Crippen LogP contribution in [0.25, 0.3) is 0 Å². The van der Waals surface area contributed by atoms with Crippen molar-refractivity contribution in [1.29, 1.82) is 0 Å². The van der Waals surface area contributed by atoms with Gasteiger partial charge in [0.1, 0.15) is 12.4 Å². The van der Waals surface area contributed by atoms with Gasteiger partial charge >= 0.3 is 5.97 Å². The Hall–Kier alpha value is -3.93. The molecule has 146 valence electrons. The highest BCUT2D eigenvalue weighted by molar-refractivity contribution is 5.95. The molecule has 0 fully saturated rings. The Morgan fingerprint density at radius 2 is 1.59 bits per heavy atom. The van der Waals surface area contributed by atoms with Gasteiger partial charge in [-0.05, 0) is 42.0 Å². The third kappa shape index (κ3) is 5.52. The molecule has 1 amide bonds. The molecule has 29 heavy (non-hydrogen) atoms. The molecule has 0 atom stereocenters. The largest absolute Gasteiger partial charge is 0.488 e. The Labute approximate surface area is 168 Å². The number of carbonyl (C=O) groups is 2. The van der Waals surface area contributed by atoms with Crippen molar-refractivity contribution < 1.29 is 19.1 Å². The molecule has 0 aromatic heterocycles. The van der Waals surface area contributed by atoms with Gasteiger partial charge in [-0.15, -0.1) is 0 Å². The van der Waals surface area contributed by atoms with Crippen molar-refractivity contribution in [3.05, 3.63) is 101 Å². The number of nitrogens with one attached hydrogen (secondary N) is 1. The number of methoxy groups -OCH3 is 1. The first-order valence-corrected chi connectivity index (χ1v) is 8.95. The molecule has 0 saturated carbocycles. The molecule has 6 heteroatoms. The van der Waals surface area contributed by atoms with E-state index in [1.54, 1.807) is 36.4 Å². The van der Waals surface area contributed by atoms with Crippen molar-refractivity contribution in [2.24, 2.45) is 5.10 Å². The molecule has 0 radical (unpaired) electrons. The Balaban J connectivity index is 1.61. The lowest BCUT2D eigenvalue weighted by Crippen LogP contribution is -2.17. The highest BCUT2D eigenvalue weighted by Gasteiger charge is 2.06. The SMILES string of the molecule is COC(=O)c1ccc(COc2ccccc2/C=N/NC(=O)c2ccccc2)cc1. The number of hydrazone groups is 1. The first-order valence-electron chi connectivity index (χ1n) is 8.95. The summed E-state index contributed by atoms with van der Waals surface area (Å²) in [7, 11) is 1.35. The van der Waals surface area contributed by atoms with Gasteiger partial charge in [0, 0.05) is 11.1 Å². The third-order valence-corrected chi connectivity index (χ3v) is 4.09. The van der Waals surface area contributed by atoms with Crippen molar-refractivity contribution in [3.63, 3.8) is 0 Å². The van der Waals surface area contributed by atoms with E-state index >= 15 is 0 Å². The Morgan fingerprint density at radius 3 is 2.31 bits per heavy atom. The monoisotopic (exact) mass is 388 g/mol. The van der Waals surface area contributed by atoms with Crippen molar-refractivity contribution >= 4 is 18.1 Å². The first-order chi connectivity index (χ1) is 14.2. The van der Waals surface area contributed by atoms with E-state index in [0.29, 0.717) is 23.5 Å². The van der Waals surface area contributed by atoms with Crippen molar-refractivity contribution in [3.8, 4) is 5.75 Å². The number of benzene rings is 3. The van der Waals surface area contributed by atoms with Crippen LogP contribution in [0.1, 0.15) is 31.8 Å². The zero-order chi connectivity index (χ0) is 20.5. The Bertz CT molecular complexity index is 999. The minimum Gasteiger partial charge on any atom is -0.488 e. The molecule has 0 aliphatic heterocycles. The summed E-state index contributed by atoms with van der Waals surface area (Å²) in [4.78, 5) is 23.5. The fraction of sp³-hybridized carbons (Fsp3) is 0.0870. The second-order valence-corrected chi connectivity index (χ2v) is 6.08. The maximum absolute atomic E-state index is 12.0. The number of rotatable bonds is 7. The van der Waals surface area contributed by atoms with E-state index in [2.05, 4.69) is 15.3 Å². The van der Waals surface area contributed by atoms with Crippen LogP contribution in [0.3, 0.4) is 0 Å². The van der Waals surface area contributed by atoms with E-state index in [4.69, 9.17) is 4.74 Å². The lowest BCUT2D eigenvalue weighted by molar-refractivity contribution is 0.0600. The highest BCUT2D eigenvalue weighted by Crippen LogP contribution is 2.18. The summed E-state index contributed by atoms with van der Waals surface area (Å²) in [6.07, 6.45) is 1.54. The highest BCUT2D eigenvalue weighted by atomic mass is 16.5. The van der Waals surface area contributed by atoms with Gasteiger partial charge in [0.25, 0.3) is 5.91 Å².